The predicted molar refractivity (Wildman–Crippen MR) is 92.6 cm³/mol. The summed E-state index contributed by atoms with van der Waals surface area (Å²) >= 11 is 0. The topological polar surface area (TPSA) is 103 Å². The van der Waals surface area contributed by atoms with Crippen molar-refractivity contribution in [1.82, 2.24) is 4.98 Å². The number of benzene rings is 1. The number of fused-ring (bicyclic) bond motifs is 1. The normalized spacial score (nSPS) is 15.2. The number of carbonyl (C=O) groups excluding carboxylic acids is 2. The molecule has 0 spiro atoms. The van der Waals surface area contributed by atoms with Gasteiger partial charge in [-0.05, 0) is 30.0 Å². The van der Waals surface area contributed by atoms with Crippen LogP contribution in [0.4, 0.5) is 5.69 Å². The van der Waals surface area contributed by atoms with Crippen LogP contribution in [0.3, 0.4) is 0 Å². The Kier molecular flexibility index (Phi) is 4.01. The molecule has 126 valence electrons. The largest absolute Gasteiger partial charge is 0.325 e. The van der Waals surface area contributed by atoms with E-state index >= 15 is 0 Å². The molecule has 1 amide bonds. The molecule has 1 aliphatic rings. The van der Waals surface area contributed by atoms with Crippen molar-refractivity contribution in [1.29, 1.82) is 5.26 Å². The number of ketones is 1. The van der Waals surface area contributed by atoms with Crippen LogP contribution in [0.5, 0.6) is 0 Å². The van der Waals surface area contributed by atoms with Crippen molar-refractivity contribution in [2.24, 2.45) is 5.41 Å². The van der Waals surface area contributed by atoms with Gasteiger partial charge in [-0.3, -0.25) is 14.4 Å². The molecule has 0 fully saturated rings. The van der Waals surface area contributed by atoms with Crippen molar-refractivity contribution in [3.05, 3.63) is 63.1 Å². The zero-order valence-electron chi connectivity index (χ0n) is 14.0. The summed E-state index contributed by atoms with van der Waals surface area (Å²) in [6.45, 7) is 3.93. The molecule has 0 saturated carbocycles. The minimum atomic E-state index is -0.649. The van der Waals surface area contributed by atoms with Crippen molar-refractivity contribution in [3.8, 4) is 6.07 Å². The van der Waals surface area contributed by atoms with Crippen LogP contribution >= 0.6 is 0 Å². The van der Waals surface area contributed by atoms with Gasteiger partial charge < -0.3 is 10.3 Å². The molecule has 0 saturated heterocycles. The molecule has 6 nitrogen and oxygen atoms in total. The SMILES string of the molecule is CC1(C)CC(=O)c2cc(C(=O)Nc3ccccc3C#N)c(=O)[nH]c2C1. The summed E-state index contributed by atoms with van der Waals surface area (Å²) in [5.74, 6) is -0.738. The third-order valence-electron chi connectivity index (χ3n) is 4.26. The Hall–Kier alpha value is -3.20. The second-order valence-electron chi connectivity index (χ2n) is 6.96. The predicted octanol–water partition coefficient (Wildman–Crippen LogP) is 2.65. The van der Waals surface area contributed by atoms with Gasteiger partial charge >= 0.3 is 0 Å². The van der Waals surface area contributed by atoms with Gasteiger partial charge in [0, 0.05) is 17.7 Å². The summed E-state index contributed by atoms with van der Waals surface area (Å²) in [4.78, 5) is 39.8. The van der Waals surface area contributed by atoms with E-state index < -0.39 is 11.5 Å². The molecular formula is C19H17N3O3. The minimum absolute atomic E-state index is 0.0889. The van der Waals surface area contributed by atoms with E-state index in [2.05, 4.69) is 10.3 Å². The van der Waals surface area contributed by atoms with Gasteiger partial charge in [-0.2, -0.15) is 5.26 Å². The number of nitrogens with zero attached hydrogens (tertiary/aromatic N) is 1. The number of Topliss-reactive ketones (excluding diaryl/α,β-unsaturated/α-hetero) is 1. The van der Waals surface area contributed by atoms with E-state index in [1.807, 2.05) is 19.9 Å². The van der Waals surface area contributed by atoms with Crippen LogP contribution in [0.15, 0.2) is 35.1 Å². The van der Waals surface area contributed by atoms with Gasteiger partial charge in [0.15, 0.2) is 5.78 Å². The van der Waals surface area contributed by atoms with Crippen molar-refractivity contribution in [2.45, 2.75) is 26.7 Å². The first-order chi connectivity index (χ1) is 11.8. The zero-order chi connectivity index (χ0) is 18.2. The fourth-order valence-electron chi connectivity index (χ4n) is 3.08. The number of anilines is 1. The molecule has 2 aromatic rings. The molecular weight excluding hydrogens is 318 g/mol. The van der Waals surface area contributed by atoms with Crippen LogP contribution in [0.1, 0.15) is 52.2 Å². The Morgan fingerprint density at radius 3 is 2.68 bits per heavy atom. The first-order valence-electron chi connectivity index (χ1n) is 7.90. The Labute approximate surface area is 144 Å². The van der Waals surface area contributed by atoms with E-state index in [0.29, 0.717) is 35.3 Å². The fraction of sp³-hybridized carbons (Fsp3) is 0.263. The van der Waals surface area contributed by atoms with Crippen LogP contribution in [0.25, 0.3) is 0 Å². The average Bonchev–Trinajstić information content (AvgIpc) is 2.53. The standard InChI is InChI=1S/C19H17N3O3/c1-19(2)8-15-12(16(23)9-19)7-13(18(25)22-15)17(24)21-14-6-4-3-5-11(14)10-20/h3-7H,8-9H2,1-2H3,(H,21,24)(H,22,25). The monoisotopic (exact) mass is 335 g/mol. The number of aromatic nitrogens is 1. The van der Waals surface area contributed by atoms with E-state index in [4.69, 9.17) is 5.26 Å². The van der Waals surface area contributed by atoms with Crippen LogP contribution in [-0.4, -0.2) is 16.7 Å². The fourth-order valence-corrected chi connectivity index (χ4v) is 3.08. The van der Waals surface area contributed by atoms with Crippen molar-refractivity contribution < 1.29 is 9.59 Å². The number of rotatable bonds is 2. The molecule has 3 rings (SSSR count). The lowest BCUT2D eigenvalue weighted by Gasteiger charge is -2.29. The molecule has 1 aliphatic carbocycles. The molecule has 1 aromatic heterocycles. The first-order valence-corrected chi connectivity index (χ1v) is 7.90. The summed E-state index contributed by atoms with van der Waals surface area (Å²) in [6.07, 6.45) is 0.937. The second-order valence-corrected chi connectivity index (χ2v) is 6.96. The quantitative estimate of drug-likeness (QED) is 0.880. The molecule has 0 aliphatic heterocycles. The number of nitriles is 1. The smallest absolute Gasteiger partial charge is 0.261 e. The van der Waals surface area contributed by atoms with Gasteiger partial charge in [0.05, 0.1) is 11.3 Å². The molecule has 6 heteroatoms. The van der Waals surface area contributed by atoms with E-state index in [0.717, 1.165) is 0 Å². The zero-order valence-corrected chi connectivity index (χ0v) is 14.0. The van der Waals surface area contributed by atoms with Gasteiger partial charge in [-0.25, -0.2) is 0 Å². The lowest BCUT2D eigenvalue weighted by atomic mass is 9.75. The molecule has 0 bridgehead atoms. The summed E-state index contributed by atoms with van der Waals surface area (Å²) < 4.78 is 0. The van der Waals surface area contributed by atoms with E-state index in [9.17, 15) is 14.4 Å². The molecule has 1 aromatic carbocycles. The van der Waals surface area contributed by atoms with Crippen LogP contribution in [0.2, 0.25) is 0 Å². The third kappa shape index (κ3) is 3.22. The Balaban J connectivity index is 1.98. The molecule has 1 heterocycles. The maximum Gasteiger partial charge on any atom is 0.261 e. The van der Waals surface area contributed by atoms with E-state index in [1.165, 1.54) is 6.07 Å². The molecule has 0 radical (unpaired) electrons. The highest BCUT2D eigenvalue weighted by Crippen LogP contribution is 2.33. The van der Waals surface area contributed by atoms with Crippen molar-refractivity contribution in [2.75, 3.05) is 5.32 Å². The number of para-hydroxylation sites is 1. The lowest BCUT2D eigenvalue weighted by Crippen LogP contribution is -2.32. The molecule has 25 heavy (non-hydrogen) atoms. The molecule has 0 unspecified atom stereocenters. The van der Waals surface area contributed by atoms with Gasteiger partial charge in [-0.15, -0.1) is 0 Å². The van der Waals surface area contributed by atoms with Crippen molar-refractivity contribution in [3.63, 3.8) is 0 Å². The van der Waals surface area contributed by atoms with Crippen molar-refractivity contribution >= 4 is 17.4 Å². The number of nitrogens with one attached hydrogen (secondary N) is 2. The Morgan fingerprint density at radius 2 is 1.96 bits per heavy atom. The number of H-pyrrole nitrogens is 1. The minimum Gasteiger partial charge on any atom is -0.325 e. The highest BCUT2D eigenvalue weighted by atomic mass is 16.2. The van der Waals surface area contributed by atoms with Crippen LogP contribution < -0.4 is 10.9 Å². The summed E-state index contributed by atoms with van der Waals surface area (Å²) in [5.41, 5.74) is 0.666. The van der Waals surface area contributed by atoms with Gasteiger partial charge in [0.25, 0.3) is 11.5 Å². The van der Waals surface area contributed by atoms with Gasteiger partial charge in [0.1, 0.15) is 11.6 Å². The summed E-state index contributed by atoms with van der Waals surface area (Å²) in [5, 5.41) is 11.6. The number of hydrogen-bond acceptors (Lipinski definition) is 4. The molecule has 2 N–H and O–H groups in total. The first kappa shape index (κ1) is 16.7. The number of pyridine rings is 1. The van der Waals surface area contributed by atoms with E-state index in [-0.39, 0.29) is 16.8 Å². The third-order valence-corrected chi connectivity index (χ3v) is 4.26. The van der Waals surface area contributed by atoms with Gasteiger partial charge in [-0.1, -0.05) is 26.0 Å². The number of amides is 1. The maximum absolute atomic E-state index is 12.5. The van der Waals surface area contributed by atoms with Crippen LogP contribution in [0, 0.1) is 16.7 Å². The van der Waals surface area contributed by atoms with Crippen LogP contribution in [-0.2, 0) is 6.42 Å². The Morgan fingerprint density at radius 1 is 1.24 bits per heavy atom. The Bertz CT molecular complexity index is 980. The highest BCUT2D eigenvalue weighted by Gasteiger charge is 2.32. The molecule has 0 atom stereocenters. The maximum atomic E-state index is 12.5. The summed E-state index contributed by atoms with van der Waals surface area (Å²) in [7, 11) is 0. The average molecular weight is 335 g/mol. The number of carbonyl (C=O) groups is 2. The summed E-state index contributed by atoms with van der Waals surface area (Å²) in [6, 6.07) is 9.84. The number of hydrogen-bond donors (Lipinski definition) is 2. The number of aromatic amines is 1. The highest BCUT2D eigenvalue weighted by molar-refractivity contribution is 6.07. The lowest BCUT2D eigenvalue weighted by molar-refractivity contribution is 0.0910. The van der Waals surface area contributed by atoms with Gasteiger partial charge in [0.2, 0.25) is 0 Å². The second kappa shape index (κ2) is 6.02. The van der Waals surface area contributed by atoms with E-state index in [1.54, 1.807) is 24.3 Å².